The first-order chi connectivity index (χ1) is 10.0. The zero-order valence-electron chi connectivity index (χ0n) is 13.6. The molecule has 118 valence electrons. The lowest BCUT2D eigenvalue weighted by Gasteiger charge is -2.41. The maximum Gasteiger partial charge on any atom is 0.118 e. The van der Waals surface area contributed by atoms with Crippen LogP contribution in [0.15, 0.2) is 24.3 Å². The van der Waals surface area contributed by atoms with E-state index >= 15 is 0 Å². The largest absolute Gasteiger partial charge is 0.497 e. The second kappa shape index (κ2) is 7.28. The molecule has 0 aliphatic heterocycles. The summed E-state index contributed by atoms with van der Waals surface area (Å²) < 4.78 is 5.19. The Balaban J connectivity index is 1.97. The zero-order chi connectivity index (χ0) is 15.3. The van der Waals surface area contributed by atoms with Crippen LogP contribution >= 0.6 is 0 Å². The molecule has 0 spiro atoms. The van der Waals surface area contributed by atoms with Gasteiger partial charge in [-0.05, 0) is 57.5 Å². The van der Waals surface area contributed by atoms with Crippen LogP contribution in [0.5, 0.6) is 5.75 Å². The van der Waals surface area contributed by atoms with Crippen LogP contribution in [0.3, 0.4) is 0 Å². The van der Waals surface area contributed by atoms with Crippen molar-refractivity contribution < 1.29 is 9.84 Å². The first-order valence-electron chi connectivity index (χ1n) is 8.03. The Morgan fingerprint density at radius 3 is 2.57 bits per heavy atom. The average Bonchev–Trinajstić information content (AvgIpc) is 2.48. The van der Waals surface area contributed by atoms with Crippen molar-refractivity contribution >= 4 is 0 Å². The van der Waals surface area contributed by atoms with Gasteiger partial charge in [-0.3, -0.25) is 0 Å². The molecule has 0 aromatic heterocycles. The fourth-order valence-corrected chi connectivity index (χ4v) is 3.48. The predicted molar refractivity (Wildman–Crippen MR) is 86.8 cm³/mol. The highest BCUT2D eigenvalue weighted by Crippen LogP contribution is 2.37. The van der Waals surface area contributed by atoms with Gasteiger partial charge < -0.3 is 14.7 Å². The van der Waals surface area contributed by atoms with Gasteiger partial charge >= 0.3 is 0 Å². The maximum atomic E-state index is 11.1. The van der Waals surface area contributed by atoms with Gasteiger partial charge in [0.15, 0.2) is 0 Å². The van der Waals surface area contributed by atoms with Gasteiger partial charge in [-0.2, -0.15) is 0 Å². The van der Waals surface area contributed by atoms with Crippen molar-refractivity contribution in [1.29, 1.82) is 0 Å². The molecule has 3 nitrogen and oxygen atoms in total. The fraction of sp³-hybridized carbons (Fsp3) is 0.667. The third-order valence-electron chi connectivity index (χ3n) is 4.76. The van der Waals surface area contributed by atoms with Crippen molar-refractivity contribution in [3.63, 3.8) is 0 Å². The Hall–Kier alpha value is -1.06. The summed E-state index contributed by atoms with van der Waals surface area (Å²) in [4.78, 5) is 2.20. The molecule has 2 atom stereocenters. The smallest absolute Gasteiger partial charge is 0.118 e. The van der Waals surface area contributed by atoms with E-state index in [9.17, 15) is 5.11 Å². The molecule has 1 fully saturated rings. The standard InChI is InChI=1S/C18H29NO2/c1-19(2)14-16-6-4-5-12-18(16,20)13-11-15-7-9-17(21-3)10-8-15/h7-10,16,20H,4-6,11-14H2,1-3H3/t16-,18+/m1/s1. The third kappa shape index (κ3) is 4.45. The summed E-state index contributed by atoms with van der Waals surface area (Å²) in [5.41, 5.74) is 0.779. The van der Waals surface area contributed by atoms with E-state index in [-0.39, 0.29) is 0 Å². The lowest BCUT2D eigenvalue weighted by molar-refractivity contribution is -0.0617. The van der Waals surface area contributed by atoms with Crippen molar-refractivity contribution in [2.45, 2.75) is 44.1 Å². The maximum absolute atomic E-state index is 11.1. The van der Waals surface area contributed by atoms with Crippen LogP contribution in [0.25, 0.3) is 0 Å². The van der Waals surface area contributed by atoms with Crippen molar-refractivity contribution in [2.75, 3.05) is 27.7 Å². The van der Waals surface area contributed by atoms with E-state index in [1.165, 1.54) is 12.0 Å². The van der Waals surface area contributed by atoms with Crippen molar-refractivity contribution in [1.82, 2.24) is 4.90 Å². The van der Waals surface area contributed by atoms with Crippen LogP contribution in [0, 0.1) is 5.92 Å². The molecule has 0 amide bonds. The van der Waals surface area contributed by atoms with Crippen LogP contribution in [-0.2, 0) is 6.42 Å². The molecule has 0 radical (unpaired) electrons. The molecule has 21 heavy (non-hydrogen) atoms. The topological polar surface area (TPSA) is 32.7 Å². The molecule has 1 aromatic rings. The van der Waals surface area contributed by atoms with Crippen LogP contribution in [0.1, 0.15) is 37.7 Å². The summed E-state index contributed by atoms with van der Waals surface area (Å²) in [6.45, 7) is 0.985. The van der Waals surface area contributed by atoms with E-state index in [1.54, 1.807) is 7.11 Å². The summed E-state index contributed by atoms with van der Waals surface area (Å²) >= 11 is 0. The monoisotopic (exact) mass is 291 g/mol. The summed E-state index contributed by atoms with van der Waals surface area (Å²) in [5, 5.41) is 11.1. The molecule has 3 heteroatoms. The van der Waals surface area contributed by atoms with Crippen LogP contribution in [0.2, 0.25) is 0 Å². The molecule has 1 aromatic carbocycles. The molecule has 2 rings (SSSR count). The Kier molecular flexibility index (Phi) is 5.65. The zero-order valence-corrected chi connectivity index (χ0v) is 13.6. The Morgan fingerprint density at radius 1 is 1.24 bits per heavy atom. The Labute approximate surface area is 128 Å². The van der Waals surface area contributed by atoms with Gasteiger partial charge in [-0.1, -0.05) is 25.0 Å². The Bertz CT molecular complexity index is 429. The summed E-state index contributed by atoms with van der Waals surface area (Å²) in [6.07, 6.45) is 6.30. The number of methoxy groups -OCH3 is 1. The normalized spacial score (nSPS) is 26.0. The molecule has 0 unspecified atom stereocenters. The van der Waals surface area contributed by atoms with Crippen molar-refractivity contribution in [2.24, 2.45) is 5.92 Å². The molecule has 0 heterocycles. The molecular formula is C18H29NO2. The van der Waals surface area contributed by atoms with Crippen LogP contribution in [0.4, 0.5) is 0 Å². The SMILES string of the molecule is COc1ccc(CC[C@@]2(O)CCCC[C@@H]2CN(C)C)cc1. The minimum atomic E-state index is -0.498. The van der Waals surface area contributed by atoms with Crippen LogP contribution in [-0.4, -0.2) is 43.4 Å². The van der Waals surface area contributed by atoms with Gasteiger partial charge in [-0.25, -0.2) is 0 Å². The number of ether oxygens (including phenoxy) is 1. The summed E-state index contributed by atoms with van der Waals surface area (Å²) in [5.74, 6) is 1.29. The van der Waals surface area contributed by atoms with E-state index in [1.807, 2.05) is 12.1 Å². The highest BCUT2D eigenvalue weighted by molar-refractivity contribution is 5.27. The van der Waals surface area contributed by atoms with Gasteiger partial charge in [0.1, 0.15) is 5.75 Å². The second-order valence-electron chi connectivity index (χ2n) is 6.66. The number of nitrogens with zero attached hydrogens (tertiary/aromatic N) is 1. The number of benzene rings is 1. The van der Waals surface area contributed by atoms with E-state index in [0.717, 1.165) is 44.4 Å². The Morgan fingerprint density at radius 2 is 1.95 bits per heavy atom. The van der Waals surface area contributed by atoms with Gasteiger partial charge in [-0.15, -0.1) is 0 Å². The fourth-order valence-electron chi connectivity index (χ4n) is 3.48. The minimum absolute atomic E-state index is 0.402. The van der Waals surface area contributed by atoms with Crippen LogP contribution < -0.4 is 4.74 Å². The lowest BCUT2D eigenvalue weighted by atomic mass is 9.72. The first kappa shape index (κ1) is 16.3. The number of aryl methyl sites for hydroxylation is 1. The number of aliphatic hydroxyl groups is 1. The molecule has 1 aliphatic rings. The summed E-state index contributed by atoms with van der Waals surface area (Å²) in [6, 6.07) is 8.20. The van der Waals surface area contributed by atoms with E-state index < -0.39 is 5.60 Å². The van der Waals surface area contributed by atoms with Gasteiger partial charge in [0.2, 0.25) is 0 Å². The van der Waals surface area contributed by atoms with E-state index in [0.29, 0.717) is 5.92 Å². The van der Waals surface area contributed by atoms with Gasteiger partial charge in [0, 0.05) is 12.5 Å². The second-order valence-corrected chi connectivity index (χ2v) is 6.66. The highest BCUT2D eigenvalue weighted by atomic mass is 16.5. The van der Waals surface area contributed by atoms with E-state index in [2.05, 4.69) is 31.1 Å². The minimum Gasteiger partial charge on any atom is -0.497 e. The highest BCUT2D eigenvalue weighted by Gasteiger charge is 2.38. The van der Waals surface area contributed by atoms with Crippen molar-refractivity contribution in [3.8, 4) is 5.75 Å². The lowest BCUT2D eigenvalue weighted by Crippen LogP contribution is -2.45. The molecular weight excluding hydrogens is 262 g/mol. The average molecular weight is 291 g/mol. The third-order valence-corrected chi connectivity index (χ3v) is 4.76. The van der Waals surface area contributed by atoms with E-state index in [4.69, 9.17) is 4.74 Å². The first-order valence-corrected chi connectivity index (χ1v) is 8.03. The molecule has 1 N–H and O–H groups in total. The molecule has 1 aliphatic carbocycles. The number of rotatable bonds is 6. The number of hydrogen-bond donors (Lipinski definition) is 1. The predicted octanol–water partition coefficient (Wildman–Crippen LogP) is 3.11. The van der Waals surface area contributed by atoms with Gasteiger partial charge in [0.05, 0.1) is 12.7 Å². The quantitative estimate of drug-likeness (QED) is 0.874. The van der Waals surface area contributed by atoms with Gasteiger partial charge in [0.25, 0.3) is 0 Å². The summed E-state index contributed by atoms with van der Waals surface area (Å²) in [7, 11) is 5.88. The number of hydrogen-bond acceptors (Lipinski definition) is 3. The molecule has 1 saturated carbocycles. The van der Waals surface area contributed by atoms with Crippen molar-refractivity contribution in [3.05, 3.63) is 29.8 Å². The molecule has 0 bridgehead atoms. The molecule has 0 saturated heterocycles.